The summed E-state index contributed by atoms with van der Waals surface area (Å²) >= 11 is 1.88. The van der Waals surface area contributed by atoms with Gasteiger partial charge in [0.15, 0.2) is 0 Å². The molecule has 0 fully saturated rings. The summed E-state index contributed by atoms with van der Waals surface area (Å²) in [6.07, 6.45) is 0. The summed E-state index contributed by atoms with van der Waals surface area (Å²) in [5.74, 6) is 1.12. The lowest BCUT2D eigenvalue weighted by atomic mass is 9.94. The van der Waals surface area contributed by atoms with Crippen molar-refractivity contribution >= 4 is 17.0 Å². The van der Waals surface area contributed by atoms with Gasteiger partial charge in [0.1, 0.15) is 0 Å². The van der Waals surface area contributed by atoms with Crippen molar-refractivity contribution in [3.05, 3.63) is 50.7 Å². The van der Waals surface area contributed by atoms with Gasteiger partial charge >= 0.3 is 0 Å². The van der Waals surface area contributed by atoms with Crippen LogP contribution in [0.2, 0.25) is 0 Å². The lowest BCUT2D eigenvalue weighted by Gasteiger charge is -2.17. The Morgan fingerprint density at radius 1 is 1.00 bits per heavy atom. The van der Waals surface area contributed by atoms with Gasteiger partial charge in [-0.05, 0) is 54.5 Å². The maximum absolute atomic E-state index is 3.64. The maximum atomic E-state index is 3.64. The summed E-state index contributed by atoms with van der Waals surface area (Å²) < 4.78 is 0. The molecule has 0 aliphatic heterocycles. The molecule has 0 unspecified atom stereocenters. The normalized spacial score (nSPS) is 11.4. The molecule has 1 aromatic heterocycles. The van der Waals surface area contributed by atoms with Gasteiger partial charge in [0.2, 0.25) is 0 Å². The van der Waals surface area contributed by atoms with E-state index in [1.54, 1.807) is 0 Å². The molecule has 1 aromatic carbocycles. The second-order valence-corrected chi connectivity index (χ2v) is 7.91. The third-order valence-electron chi connectivity index (χ3n) is 3.98. The molecule has 2 rings (SSSR count). The first-order valence-electron chi connectivity index (χ1n) is 7.82. The molecule has 2 heteroatoms. The largest absolute Gasteiger partial charge is 0.381 e. The van der Waals surface area contributed by atoms with E-state index in [0.717, 1.165) is 6.54 Å². The summed E-state index contributed by atoms with van der Waals surface area (Å²) in [5, 5.41) is 3.64. The Balaban J connectivity index is 2.21. The number of nitrogens with one attached hydrogen (secondary N) is 1. The van der Waals surface area contributed by atoms with Gasteiger partial charge in [-0.25, -0.2) is 0 Å². The second kappa shape index (κ2) is 6.65. The Morgan fingerprint density at radius 2 is 1.71 bits per heavy atom. The molecule has 0 radical (unpaired) electrons. The van der Waals surface area contributed by atoms with Gasteiger partial charge in [-0.2, -0.15) is 0 Å². The van der Waals surface area contributed by atoms with Crippen LogP contribution in [-0.4, -0.2) is 0 Å². The number of hydrogen-bond donors (Lipinski definition) is 1. The van der Waals surface area contributed by atoms with Gasteiger partial charge in [-0.1, -0.05) is 39.8 Å². The molecule has 0 spiro atoms. The zero-order valence-corrected chi connectivity index (χ0v) is 14.9. The predicted molar refractivity (Wildman–Crippen MR) is 95.7 cm³/mol. The van der Waals surface area contributed by atoms with Crippen molar-refractivity contribution in [3.8, 4) is 0 Å². The maximum Gasteiger partial charge on any atom is 0.0411 e. The molecule has 0 aliphatic rings. The number of benzene rings is 1. The summed E-state index contributed by atoms with van der Waals surface area (Å²) in [7, 11) is 0. The molecule has 114 valence electrons. The number of hydrogen-bond acceptors (Lipinski definition) is 2. The van der Waals surface area contributed by atoms with Crippen LogP contribution < -0.4 is 5.32 Å². The highest BCUT2D eigenvalue weighted by atomic mass is 32.1. The van der Waals surface area contributed by atoms with Gasteiger partial charge in [0.25, 0.3) is 0 Å². The highest BCUT2D eigenvalue weighted by Crippen LogP contribution is 2.29. The Morgan fingerprint density at radius 3 is 2.24 bits per heavy atom. The number of thiophene rings is 1. The quantitative estimate of drug-likeness (QED) is 0.691. The monoisotopic (exact) mass is 301 g/mol. The third kappa shape index (κ3) is 3.88. The fourth-order valence-electron chi connectivity index (χ4n) is 2.63. The average Bonchev–Trinajstić information content (AvgIpc) is 2.74. The van der Waals surface area contributed by atoms with Crippen molar-refractivity contribution in [1.82, 2.24) is 0 Å². The third-order valence-corrected chi connectivity index (χ3v) is 4.99. The molecule has 0 atom stereocenters. The van der Waals surface area contributed by atoms with E-state index in [9.17, 15) is 0 Å². The van der Waals surface area contributed by atoms with Gasteiger partial charge in [0, 0.05) is 22.0 Å². The Labute approximate surface area is 133 Å². The molecule has 0 aliphatic carbocycles. The van der Waals surface area contributed by atoms with E-state index in [1.165, 1.54) is 32.1 Å². The van der Waals surface area contributed by atoms with Crippen molar-refractivity contribution in [1.29, 1.82) is 0 Å². The first-order chi connectivity index (χ1) is 9.88. The van der Waals surface area contributed by atoms with E-state index in [0.29, 0.717) is 11.8 Å². The molecule has 0 saturated heterocycles. The summed E-state index contributed by atoms with van der Waals surface area (Å²) in [5.41, 5.74) is 5.54. The second-order valence-electron chi connectivity index (χ2n) is 6.45. The van der Waals surface area contributed by atoms with Crippen LogP contribution >= 0.6 is 11.3 Å². The van der Waals surface area contributed by atoms with Crippen molar-refractivity contribution in [2.45, 2.75) is 59.9 Å². The highest BCUT2D eigenvalue weighted by molar-refractivity contribution is 7.12. The van der Waals surface area contributed by atoms with E-state index in [4.69, 9.17) is 0 Å². The fourth-order valence-corrected chi connectivity index (χ4v) is 3.57. The van der Waals surface area contributed by atoms with Gasteiger partial charge in [-0.3, -0.25) is 0 Å². The number of rotatable bonds is 5. The van der Waals surface area contributed by atoms with Gasteiger partial charge < -0.3 is 5.32 Å². The standard InChI is InChI=1S/C19H27NS/c1-12(2)16-7-8-19(18(10-16)13(3)4)20-11-17-9-14(5)21-15(17)6/h7-10,12-13,20H,11H2,1-6H3. The van der Waals surface area contributed by atoms with E-state index in [1.807, 2.05) is 11.3 Å². The van der Waals surface area contributed by atoms with Crippen LogP contribution in [0.15, 0.2) is 24.3 Å². The van der Waals surface area contributed by atoms with Crippen LogP contribution in [0.1, 0.15) is 66.0 Å². The van der Waals surface area contributed by atoms with Crippen LogP contribution in [0.25, 0.3) is 0 Å². The summed E-state index contributed by atoms with van der Waals surface area (Å²) in [4.78, 5) is 2.81. The van der Waals surface area contributed by atoms with Crippen molar-refractivity contribution in [2.75, 3.05) is 5.32 Å². The van der Waals surface area contributed by atoms with Crippen LogP contribution in [0.5, 0.6) is 0 Å². The Kier molecular flexibility index (Phi) is 5.10. The SMILES string of the molecule is Cc1cc(CNc2ccc(C(C)C)cc2C(C)C)c(C)s1. The van der Waals surface area contributed by atoms with E-state index in [2.05, 4.69) is 71.1 Å². The minimum absolute atomic E-state index is 0.538. The summed E-state index contributed by atoms with van der Waals surface area (Å²) in [6.45, 7) is 14.3. The molecule has 1 nitrogen and oxygen atoms in total. The minimum Gasteiger partial charge on any atom is -0.381 e. The molecular weight excluding hydrogens is 274 g/mol. The fraction of sp³-hybridized carbons (Fsp3) is 0.474. The van der Waals surface area contributed by atoms with E-state index >= 15 is 0 Å². The Hall–Kier alpha value is -1.28. The highest BCUT2D eigenvalue weighted by Gasteiger charge is 2.10. The average molecular weight is 301 g/mol. The molecule has 21 heavy (non-hydrogen) atoms. The minimum atomic E-state index is 0.538. The molecule has 0 saturated carbocycles. The lowest BCUT2D eigenvalue weighted by molar-refractivity contribution is 0.833. The van der Waals surface area contributed by atoms with Crippen molar-refractivity contribution in [2.24, 2.45) is 0 Å². The van der Waals surface area contributed by atoms with Crippen LogP contribution in [0.4, 0.5) is 5.69 Å². The smallest absolute Gasteiger partial charge is 0.0411 e. The first-order valence-corrected chi connectivity index (χ1v) is 8.63. The van der Waals surface area contributed by atoms with Crippen molar-refractivity contribution in [3.63, 3.8) is 0 Å². The van der Waals surface area contributed by atoms with Crippen LogP contribution in [0.3, 0.4) is 0 Å². The van der Waals surface area contributed by atoms with E-state index in [-0.39, 0.29) is 0 Å². The summed E-state index contributed by atoms with van der Waals surface area (Å²) in [6, 6.07) is 9.16. The van der Waals surface area contributed by atoms with Crippen LogP contribution in [0, 0.1) is 13.8 Å². The zero-order chi connectivity index (χ0) is 15.6. The van der Waals surface area contributed by atoms with Crippen molar-refractivity contribution < 1.29 is 0 Å². The molecule has 0 amide bonds. The number of aryl methyl sites for hydroxylation is 2. The molecular formula is C19H27NS. The molecule has 0 bridgehead atoms. The van der Waals surface area contributed by atoms with Gasteiger partial charge in [-0.15, -0.1) is 11.3 Å². The predicted octanol–water partition coefficient (Wildman–Crippen LogP) is 6.22. The topological polar surface area (TPSA) is 12.0 Å². The van der Waals surface area contributed by atoms with E-state index < -0.39 is 0 Å². The lowest BCUT2D eigenvalue weighted by Crippen LogP contribution is -2.04. The van der Waals surface area contributed by atoms with Gasteiger partial charge in [0.05, 0.1) is 0 Å². The Bertz CT molecular complexity index is 608. The molecule has 2 aromatic rings. The zero-order valence-electron chi connectivity index (χ0n) is 14.1. The number of anilines is 1. The first kappa shape index (κ1) is 16.1. The molecule has 1 heterocycles. The molecule has 1 N–H and O–H groups in total. The van der Waals surface area contributed by atoms with Crippen LogP contribution in [-0.2, 0) is 6.54 Å².